The third kappa shape index (κ3) is 2.10. The van der Waals surface area contributed by atoms with E-state index in [1.54, 1.807) is 6.20 Å². The van der Waals surface area contributed by atoms with Crippen LogP contribution in [0.15, 0.2) is 12.3 Å². The molecule has 0 bridgehead atoms. The second kappa shape index (κ2) is 4.68. The number of hydrogen-bond donors (Lipinski definition) is 1. The summed E-state index contributed by atoms with van der Waals surface area (Å²) in [6.07, 6.45) is 5.09. The summed E-state index contributed by atoms with van der Waals surface area (Å²) in [5.41, 5.74) is 1.06. The molecule has 0 aliphatic carbocycles. The molecule has 1 atom stereocenters. The van der Waals surface area contributed by atoms with Gasteiger partial charge in [-0.15, -0.1) is 0 Å². The van der Waals surface area contributed by atoms with Gasteiger partial charge in [0.05, 0.1) is 11.7 Å². The molecular weight excluding hydrogens is 202 g/mol. The van der Waals surface area contributed by atoms with E-state index in [1.807, 2.05) is 24.8 Å². The predicted molar refractivity (Wildman–Crippen MR) is 61.7 cm³/mol. The van der Waals surface area contributed by atoms with Crippen molar-refractivity contribution in [3.63, 3.8) is 0 Å². The number of carbonyl (C=O) groups is 1. The molecule has 4 heteroatoms. The second-order valence-electron chi connectivity index (χ2n) is 4.71. The molecule has 0 unspecified atom stereocenters. The van der Waals surface area contributed by atoms with Crippen LogP contribution in [0.3, 0.4) is 0 Å². The average molecular weight is 221 g/mol. The van der Waals surface area contributed by atoms with E-state index in [9.17, 15) is 4.79 Å². The topological polar surface area (TPSA) is 49.0 Å². The Morgan fingerprint density at radius 3 is 3.00 bits per heavy atom. The molecule has 4 nitrogen and oxygen atoms in total. The number of rotatable bonds is 2. The van der Waals surface area contributed by atoms with Gasteiger partial charge in [0, 0.05) is 18.7 Å². The third-order valence-electron chi connectivity index (χ3n) is 3.16. The van der Waals surface area contributed by atoms with Gasteiger partial charge in [0.25, 0.3) is 0 Å². The van der Waals surface area contributed by atoms with Gasteiger partial charge in [-0.3, -0.25) is 9.89 Å². The van der Waals surface area contributed by atoms with Gasteiger partial charge < -0.3 is 4.90 Å². The van der Waals surface area contributed by atoms with Crippen LogP contribution in [0, 0.1) is 5.92 Å². The lowest BCUT2D eigenvalue weighted by Crippen LogP contribution is -2.40. The van der Waals surface area contributed by atoms with Gasteiger partial charge in [0.1, 0.15) is 0 Å². The summed E-state index contributed by atoms with van der Waals surface area (Å²) in [4.78, 5) is 14.1. The quantitative estimate of drug-likeness (QED) is 0.831. The third-order valence-corrected chi connectivity index (χ3v) is 3.16. The standard InChI is InChI=1S/C12H19N3O/c1-9(2)12(16)15-8-4-3-5-11(15)10-6-7-13-14-10/h6-7,9,11H,3-5,8H2,1-2H3,(H,13,14)/t11-/m0/s1. The first-order chi connectivity index (χ1) is 7.70. The Labute approximate surface area is 96.0 Å². The maximum absolute atomic E-state index is 12.1. The van der Waals surface area contributed by atoms with Crippen molar-refractivity contribution in [3.05, 3.63) is 18.0 Å². The minimum atomic E-state index is 0.0727. The van der Waals surface area contributed by atoms with Gasteiger partial charge in [0.2, 0.25) is 5.91 Å². The zero-order valence-electron chi connectivity index (χ0n) is 9.94. The van der Waals surface area contributed by atoms with Crippen LogP contribution in [0.2, 0.25) is 0 Å². The van der Waals surface area contributed by atoms with E-state index in [-0.39, 0.29) is 17.9 Å². The first-order valence-corrected chi connectivity index (χ1v) is 6.00. The van der Waals surface area contributed by atoms with E-state index >= 15 is 0 Å². The molecule has 2 heterocycles. The summed E-state index contributed by atoms with van der Waals surface area (Å²) >= 11 is 0. The zero-order chi connectivity index (χ0) is 11.5. The molecule has 2 rings (SSSR count). The van der Waals surface area contributed by atoms with Crippen molar-refractivity contribution in [2.45, 2.75) is 39.2 Å². The molecular formula is C12H19N3O. The first-order valence-electron chi connectivity index (χ1n) is 6.00. The Hall–Kier alpha value is -1.32. The van der Waals surface area contributed by atoms with Crippen LogP contribution in [-0.2, 0) is 4.79 Å². The highest BCUT2D eigenvalue weighted by atomic mass is 16.2. The molecule has 1 aromatic heterocycles. The lowest BCUT2D eigenvalue weighted by molar-refractivity contribution is -0.138. The highest BCUT2D eigenvalue weighted by Crippen LogP contribution is 2.30. The van der Waals surface area contributed by atoms with Gasteiger partial charge >= 0.3 is 0 Å². The fourth-order valence-electron chi connectivity index (χ4n) is 2.30. The molecule has 0 spiro atoms. The molecule has 1 aliphatic rings. The van der Waals surface area contributed by atoms with Crippen molar-refractivity contribution in [1.82, 2.24) is 15.1 Å². The second-order valence-corrected chi connectivity index (χ2v) is 4.71. The first kappa shape index (κ1) is 11.2. The number of likely N-dealkylation sites (tertiary alicyclic amines) is 1. The van der Waals surface area contributed by atoms with Gasteiger partial charge in [-0.25, -0.2) is 0 Å². The summed E-state index contributed by atoms with van der Waals surface area (Å²) in [6.45, 7) is 4.79. The molecule has 0 radical (unpaired) electrons. The molecule has 1 N–H and O–H groups in total. The predicted octanol–water partition coefficient (Wildman–Crippen LogP) is 2.12. The smallest absolute Gasteiger partial charge is 0.225 e. The molecule has 88 valence electrons. The van der Waals surface area contributed by atoms with Crippen LogP contribution >= 0.6 is 0 Å². The number of aromatic nitrogens is 2. The van der Waals surface area contributed by atoms with Crippen molar-refractivity contribution < 1.29 is 4.79 Å². The number of hydrogen-bond acceptors (Lipinski definition) is 2. The largest absolute Gasteiger partial charge is 0.334 e. The van der Waals surface area contributed by atoms with E-state index < -0.39 is 0 Å². The molecule has 1 fully saturated rings. The van der Waals surface area contributed by atoms with E-state index in [0.717, 1.165) is 25.1 Å². The molecule has 0 aromatic carbocycles. The molecule has 1 amide bonds. The number of H-pyrrole nitrogens is 1. The Kier molecular flexibility index (Phi) is 3.27. The summed E-state index contributed by atoms with van der Waals surface area (Å²) < 4.78 is 0. The van der Waals surface area contributed by atoms with Gasteiger partial charge in [0.15, 0.2) is 0 Å². The average Bonchev–Trinajstić information content (AvgIpc) is 2.81. The lowest BCUT2D eigenvalue weighted by atomic mass is 9.98. The molecule has 1 saturated heterocycles. The van der Waals surface area contributed by atoms with Crippen LogP contribution in [0.25, 0.3) is 0 Å². The Morgan fingerprint density at radius 2 is 2.38 bits per heavy atom. The Morgan fingerprint density at radius 1 is 1.56 bits per heavy atom. The summed E-state index contributed by atoms with van der Waals surface area (Å²) in [5.74, 6) is 0.322. The summed E-state index contributed by atoms with van der Waals surface area (Å²) in [5, 5.41) is 6.96. The van der Waals surface area contributed by atoms with E-state index in [0.29, 0.717) is 0 Å². The van der Waals surface area contributed by atoms with Crippen molar-refractivity contribution in [2.75, 3.05) is 6.54 Å². The van der Waals surface area contributed by atoms with E-state index in [1.165, 1.54) is 6.42 Å². The summed E-state index contributed by atoms with van der Waals surface area (Å²) in [7, 11) is 0. The monoisotopic (exact) mass is 221 g/mol. The normalized spacial score (nSPS) is 21.4. The minimum Gasteiger partial charge on any atom is -0.334 e. The Balaban J connectivity index is 2.17. The van der Waals surface area contributed by atoms with Crippen LogP contribution in [0.1, 0.15) is 44.8 Å². The van der Waals surface area contributed by atoms with Gasteiger partial charge in [-0.2, -0.15) is 5.10 Å². The van der Waals surface area contributed by atoms with Crippen molar-refractivity contribution in [2.24, 2.45) is 5.92 Å². The van der Waals surface area contributed by atoms with Crippen molar-refractivity contribution >= 4 is 5.91 Å². The van der Waals surface area contributed by atoms with Crippen molar-refractivity contribution in [1.29, 1.82) is 0 Å². The van der Waals surface area contributed by atoms with E-state index in [2.05, 4.69) is 10.2 Å². The number of nitrogens with one attached hydrogen (secondary N) is 1. The highest BCUT2D eigenvalue weighted by molar-refractivity contribution is 5.78. The van der Waals surface area contributed by atoms with Gasteiger partial charge in [-0.05, 0) is 25.3 Å². The number of amides is 1. The van der Waals surface area contributed by atoms with Crippen LogP contribution in [0.5, 0.6) is 0 Å². The summed E-state index contributed by atoms with van der Waals surface area (Å²) in [6, 6.07) is 2.17. The number of carbonyl (C=O) groups excluding carboxylic acids is 1. The number of aromatic amines is 1. The molecule has 16 heavy (non-hydrogen) atoms. The Bertz CT molecular complexity index is 345. The fourth-order valence-corrected chi connectivity index (χ4v) is 2.30. The van der Waals surface area contributed by atoms with Crippen LogP contribution < -0.4 is 0 Å². The number of piperidine rings is 1. The van der Waals surface area contributed by atoms with Crippen molar-refractivity contribution in [3.8, 4) is 0 Å². The maximum atomic E-state index is 12.1. The fraction of sp³-hybridized carbons (Fsp3) is 0.667. The highest BCUT2D eigenvalue weighted by Gasteiger charge is 2.29. The molecule has 0 saturated carbocycles. The van der Waals surface area contributed by atoms with E-state index in [4.69, 9.17) is 0 Å². The van der Waals surface area contributed by atoms with Gasteiger partial charge in [-0.1, -0.05) is 13.8 Å². The molecule has 1 aromatic rings. The van der Waals surface area contributed by atoms with Crippen LogP contribution in [0.4, 0.5) is 0 Å². The number of nitrogens with zero attached hydrogens (tertiary/aromatic N) is 2. The maximum Gasteiger partial charge on any atom is 0.225 e. The zero-order valence-corrected chi connectivity index (χ0v) is 9.94. The molecule has 1 aliphatic heterocycles. The van der Waals surface area contributed by atoms with Crippen LogP contribution in [-0.4, -0.2) is 27.5 Å². The minimum absolute atomic E-state index is 0.0727. The SMILES string of the molecule is CC(C)C(=O)N1CCCC[C@H]1c1ccn[nH]1. The lowest BCUT2D eigenvalue weighted by Gasteiger charge is -2.36.